The maximum absolute atomic E-state index is 11.8. The zero-order chi connectivity index (χ0) is 15.3. The van der Waals surface area contributed by atoms with Gasteiger partial charge in [-0.05, 0) is 34.9 Å². The maximum atomic E-state index is 11.8. The molecule has 0 aliphatic rings. The Morgan fingerprint density at radius 1 is 1.25 bits per heavy atom. The largest absolute Gasteiger partial charge is 0.347 e. The second kappa shape index (κ2) is 7.04. The van der Waals surface area contributed by atoms with Gasteiger partial charge in [0.25, 0.3) is 0 Å². The molecule has 0 unspecified atom stereocenters. The van der Waals surface area contributed by atoms with Crippen molar-refractivity contribution < 1.29 is 9.59 Å². The molecule has 112 valence electrons. The Morgan fingerprint density at radius 3 is 2.40 bits per heavy atom. The molecular weight excluding hydrogens is 258 g/mol. The average molecular weight is 281 g/mol. The minimum absolute atomic E-state index is 0.436. The Hall–Kier alpha value is -1.89. The fraction of sp³-hybridized carbons (Fsp3) is 0.615. The smallest absolute Gasteiger partial charge is 0.313 e. The van der Waals surface area contributed by atoms with Crippen LogP contribution in [0.4, 0.5) is 5.69 Å². The lowest BCUT2D eigenvalue weighted by atomic mass is 10.3. The summed E-state index contributed by atoms with van der Waals surface area (Å²) < 4.78 is 1.79. The van der Waals surface area contributed by atoms with E-state index in [0.29, 0.717) is 24.5 Å². The second-order valence-corrected chi connectivity index (χ2v) is 4.87. The highest BCUT2D eigenvalue weighted by molar-refractivity contribution is 6.39. The number of aromatic nitrogens is 2. The minimum atomic E-state index is -0.661. The van der Waals surface area contributed by atoms with Crippen molar-refractivity contribution in [3.05, 3.63) is 11.4 Å². The predicted octanol–water partition coefficient (Wildman–Crippen LogP) is 0.136. The predicted molar refractivity (Wildman–Crippen MR) is 77.6 cm³/mol. The normalized spacial score (nSPS) is 10.7. The van der Waals surface area contributed by atoms with Crippen molar-refractivity contribution in [3.8, 4) is 0 Å². The zero-order valence-electron chi connectivity index (χ0n) is 12.8. The van der Waals surface area contributed by atoms with Gasteiger partial charge in [-0.1, -0.05) is 0 Å². The molecule has 0 saturated heterocycles. The number of nitrogens with one attached hydrogen (secondary N) is 2. The number of aryl methyl sites for hydroxylation is 2. The molecule has 0 saturated carbocycles. The number of hydrogen-bond donors (Lipinski definition) is 2. The summed E-state index contributed by atoms with van der Waals surface area (Å²) in [6.45, 7) is 7.48. The minimum Gasteiger partial charge on any atom is -0.347 e. The first-order valence-electron chi connectivity index (χ1n) is 6.64. The molecule has 20 heavy (non-hydrogen) atoms. The van der Waals surface area contributed by atoms with Crippen LogP contribution in [0.15, 0.2) is 0 Å². The lowest BCUT2D eigenvalue weighted by molar-refractivity contribution is -0.136. The van der Waals surface area contributed by atoms with Gasteiger partial charge in [-0.25, -0.2) is 0 Å². The van der Waals surface area contributed by atoms with E-state index < -0.39 is 11.8 Å². The van der Waals surface area contributed by atoms with E-state index in [-0.39, 0.29) is 0 Å². The molecule has 1 aromatic rings. The van der Waals surface area contributed by atoms with Crippen molar-refractivity contribution in [1.29, 1.82) is 0 Å². The van der Waals surface area contributed by atoms with E-state index in [0.717, 1.165) is 12.2 Å². The number of carbonyl (C=O) groups excluding carboxylic acids is 2. The van der Waals surface area contributed by atoms with Crippen molar-refractivity contribution in [1.82, 2.24) is 20.0 Å². The molecule has 1 rings (SSSR count). The first-order valence-corrected chi connectivity index (χ1v) is 6.64. The maximum Gasteiger partial charge on any atom is 0.313 e. The van der Waals surface area contributed by atoms with Gasteiger partial charge >= 0.3 is 11.8 Å². The molecule has 7 nitrogen and oxygen atoms in total. The van der Waals surface area contributed by atoms with Crippen LogP contribution in [0.1, 0.15) is 18.3 Å². The standard InChI is InChI=1S/C13H23N5O2/c1-6-18-10(3)11(9(2)16-18)15-13(20)12(19)14-7-8-17(4)5/h6-8H2,1-5H3,(H,14,19)(H,15,20). The molecule has 0 radical (unpaired) electrons. The fourth-order valence-corrected chi connectivity index (χ4v) is 1.83. The van der Waals surface area contributed by atoms with E-state index in [2.05, 4.69) is 15.7 Å². The van der Waals surface area contributed by atoms with Gasteiger partial charge in [-0.3, -0.25) is 14.3 Å². The van der Waals surface area contributed by atoms with E-state index in [1.54, 1.807) is 11.6 Å². The topological polar surface area (TPSA) is 79.3 Å². The van der Waals surface area contributed by atoms with E-state index in [1.165, 1.54) is 0 Å². The molecule has 0 aromatic carbocycles. The number of rotatable bonds is 5. The average Bonchev–Trinajstić information content (AvgIpc) is 2.65. The van der Waals surface area contributed by atoms with Gasteiger partial charge < -0.3 is 15.5 Å². The number of nitrogens with zero attached hydrogens (tertiary/aromatic N) is 3. The Morgan fingerprint density at radius 2 is 1.90 bits per heavy atom. The molecule has 2 N–H and O–H groups in total. The molecule has 0 fully saturated rings. The second-order valence-electron chi connectivity index (χ2n) is 4.87. The molecule has 0 aliphatic heterocycles. The molecule has 0 atom stereocenters. The summed E-state index contributed by atoms with van der Waals surface area (Å²) in [5.41, 5.74) is 2.16. The van der Waals surface area contributed by atoms with Crippen LogP contribution in [0.2, 0.25) is 0 Å². The van der Waals surface area contributed by atoms with Crippen molar-refractivity contribution in [3.63, 3.8) is 0 Å². The van der Waals surface area contributed by atoms with Crippen LogP contribution in [-0.2, 0) is 16.1 Å². The van der Waals surface area contributed by atoms with E-state index in [1.807, 2.05) is 32.8 Å². The Balaban J connectivity index is 2.62. The van der Waals surface area contributed by atoms with Crippen LogP contribution in [0, 0.1) is 13.8 Å². The van der Waals surface area contributed by atoms with Gasteiger partial charge in [0.05, 0.1) is 17.1 Å². The van der Waals surface area contributed by atoms with Crippen LogP contribution in [0.25, 0.3) is 0 Å². The summed E-state index contributed by atoms with van der Waals surface area (Å²) in [6.07, 6.45) is 0. The highest BCUT2D eigenvalue weighted by Crippen LogP contribution is 2.18. The van der Waals surface area contributed by atoms with Gasteiger partial charge in [0.1, 0.15) is 0 Å². The molecule has 2 amide bonds. The zero-order valence-corrected chi connectivity index (χ0v) is 12.8. The Labute approximate surface area is 119 Å². The highest BCUT2D eigenvalue weighted by atomic mass is 16.2. The van der Waals surface area contributed by atoms with Crippen LogP contribution < -0.4 is 10.6 Å². The SMILES string of the molecule is CCn1nc(C)c(NC(=O)C(=O)NCCN(C)C)c1C. The highest BCUT2D eigenvalue weighted by Gasteiger charge is 2.18. The van der Waals surface area contributed by atoms with Crippen LogP contribution in [-0.4, -0.2) is 53.7 Å². The fourth-order valence-electron chi connectivity index (χ4n) is 1.83. The van der Waals surface area contributed by atoms with Crippen molar-refractivity contribution in [2.75, 3.05) is 32.5 Å². The Bertz CT molecular complexity index is 493. The van der Waals surface area contributed by atoms with E-state index in [4.69, 9.17) is 0 Å². The van der Waals surface area contributed by atoms with Gasteiger partial charge in [0, 0.05) is 19.6 Å². The molecular formula is C13H23N5O2. The summed E-state index contributed by atoms with van der Waals surface area (Å²) >= 11 is 0. The van der Waals surface area contributed by atoms with Gasteiger partial charge in [-0.2, -0.15) is 5.10 Å². The van der Waals surface area contributed by atoms with Crippen molar-refractivity contribution in [2.24, 2.45) is 0 Å². The van der Waals surface area contributed by atoms with E-state index >= 15 is 0 Å². The number of hydrogen-bond acceptors (Lipinski definition) is 4. The summed E-state index contributed by atoms with van der Waals surface area (Å²) in [5, 5.41) is 9.49. The number of likely N-dealkylation sites (N-methyl/N-ethyl adjacent to an activating group) is 1. The van der Waals surface area contributed by atoms with Crippen molar-refractivity contribution in [2.45, 2.75) is 27.3 Å². The third-order valence-corrected chi connectivity index (χ3v) is 2.97. The summed E-state index contributed by atoms with van der Waals surface area (Å²) in [4.78, 5) is 25.4. The quantitative estimate of drug-likeness (QED) is 0.752. The van der Waals surface area contributed by atoms with E-state index in [9.17, 15) is 9.59 Å². The number of anilines is 1. The van der Waals surface area contributed by atoms with Gasteiger partial charge in [0.15, 0.2) is 0 Å². The van der Waals surface area contributed by atoms with Crippen LogP contribution in [0.3, 0.4) is 0 Å². The lowest BCUT2D eigenvalue weighted by Gasteiger charge is -2.10. The molecule has 0 bridgehead atoms. The third kappa shape index (κ3) is 4.06. The number of carbonyl (C=O) groups is 2. The molecule has 0 spiro atoms. The van der Waals surface area contributed by atoms with Gasteiger partial charge in [0.2, 0.25) is 0 Å². The van der Waals surface area contributed by atoms with Crippen LogP contribution >= 0.6 is 0 Å². The monoisotopic (exact) mass is 281 g/mol. The molecule has 1 heterocycles. The Kier molecular flexibility index (Phi) is 5.69. The van der Waals surface area contributed by atoms with Crippen LogP contribution in [0.5, 0.6) is 0 Å². The summed E-state index contributed by atoms with van der Waals surface area (Å²) in [7, 11) is 3.80. The molecule has 7 heteroatoms. The summed E-state index contributed by atoms with van der Waals surface area (Å²) in [6, 6.07) is 0. The lowest BCUT2D eigenvalue weighted by Crippen LogP contribution is -2.38. The first-order chi connectivity index (χ1) is 9.36. The third-order valence-electron chi connectivity index (χ3n) is 2.97. The van der Waals surface area contributed by atoms with Gasteiger partial charge in [-0.15, -0.1) is 0 Å². The molecule has 0 aliphatic carbocycles. The first kappa shape index (κ1) is 16.2. The number of amides is 2. The summed E-state index contributed by atoms with van der Waals surface area (Å²) in [5.74, 6) is -1.29. The van der Waals surface area contributed by atoms with Crippen molar-refractivity contribution >= 4 is 17.5 Å². The molecule has 1 aromatic heterocycles.